The molecule has 0 aliphatic carbocycles. The summed E-state index contributed by atoms with van der Waals surface area (Å²) in [6.45, 7) is 4.17. The van der Waals surface area contributed by atoms with Crippen LogP contribution in [0.15, 0.2) is 22.7 Å². The second-order valence-electron chi connectivity index (χ2n) is 3.37. The highest BCUT2D eigenvalue weighted by Crippen LogP contribution is 2.32. The zero-order valence-electron chi connectivity index (χ0n) is 7.95. The predicted molar refractivity (Wildman–Crippen MR) is 58.9 cm³/mol. The highest BCUT2D eigenvalue weighted by atomic mass is 35.5. The molecule has 2 aromatic heterocycles. The minimum absolute atomic E-state index is 0.392. The van der Waals surface area contributed by atoms with Crippen molar-refractivity contribution >= 4 is 22.9 Å². The van der Waals surface area contributed by atoms with Gasteiger partial charge in [0.1, 0.15) is 0 Å². The Morgan fingerprint density at radius 1 is 1.43 bits per heavy atom. The van der Waals surface area contributed by atoms with Crippen LogP contribution < -0.4 is 0 Å². The standard InChI is InChI=1S/C10H10ClNOS/c1-6(2)7-5-8(13-12-7)9-3-4-10(11)14-9/h3-6H,1-2H3. The summed E-state index contributed by atoms with van der Waals surface area (Å²) in [7, 11) is 0. The molecular weight excluding hydrogens is 218 g/mol. The van der Waals surface area contributed by atoms with E-state index in [1.54, 1.807) is 0 Å². The summed E-state index contributed by atoms with van der Waals surface area (Å²) < 4.78 is 5.99. The van der Waals surface area contributed by atoms with Gasteiger partial charge < -0.3 is 4.52 Å². The Kier molecular flexibility index (Phi) is 2.61. The first-order valence-corrected chi connectivity index (χ1v) is 5.58. The Morgan fingerprint density at radius 2 is 2.21 bits per heavy atom. The van der Waals surface area contributed by atoms with Crippen molar-refractivity contribution in [2.24, 2.45) is 0 Å². The van der Waals surface area contributed by atoms with Crippen molar-refractivity contribution in [2.75, 3.05) is 0 Å². The minimum Gasteiger partial charge on any atom is -0.355 e. The smallest absolute Gasteiger partial charge is 0.177 e. The van der Waals surface area contributed by atoms with E-state index in [-0.39, 0.29) is 0 Å². The average Bonchev–Trinajstić information content (AvgIpc) is 2.70. The van der Waals surface area contributed by atoms with Crippen LogP contribution in [0.5, 0.6) is 0 Å². The zero-order chi connectivity index (χ0) is 10.1. The lowest BCUT2D eigenvalue weighted by molar-refractivity contribution is 0.420. The van der Waals surface area contributed by atoms with E-state index in [4.69, 9.17) is 16.1 Å². The molecule has 2 heterocycles. The van der Waals surface area contributed by atoms with E-state index in [1.807, 2.05) is 18.2 Å². The topological polar surface area (TPSA) is 26.0 Å². The molecule has 2 rings (SSSR count). The fourth-order valence-electron chi connectivity index (χ4n) is 1.12. The molecule has 2 aromatic rings. The second kappa shape index (κ2) is 3.75. The molecule has 0 fully saturated rings. The molecule has 0 bridgehead atoms. The predicted octanol–water partition coefficient (Wildman–Crippen LogP) is 4.18. The lowest BCUT2D eigenvalue weighted by Crippen LogP contribution is -1.84. The summed E-state index contributed by atoms with van der Waals surface area (Å²) in [5.74, 6) is 1.19. The Labute approximate surface area is 91.5 Å². The summed E-state index contributed by atoms with van der Waals surface area (Å²) in [4.78, 5) is 1.02. The van der Waals surface area contributed by atoms with Crippen LogP contribution in [-0.4, -0.2) is 5.16 Å². The van der Waals surface area contributed by atoms with Crippen LogP contribution >= 0.6 is 22.9 Å². The SMILES string of the molecule is CC(C)c1cc(-c2ccc(Cl)s2)on1. The van der Waals surface area contributed by atoms with Crippen molar-refractivity contribution in [3.63, 3.8) is 0 Å². The molecule has 0 spiro atoms. The molecule has 0 radical (unpaired) electrons. The van der Waals surface area contributed by atoms with E-state index in [1.165, 1.54) is 11.3 Å². The Bertz CT molecular complexity index is 433. The number of rotatable bonds is 2. The number of aromatic nitrogens is 1. The fourth-order valence-corrected chi connectivity index (χ4v) is 2.12. The largest absolute Gasteiger partial charge is 0.355 e. The highest BCUT2D eigenvalue weighted by Gasteiger charge is 2.10. The maximum atomic E-state index is 5.84. The first-order valence-electron chi connectivity index (χ1n) is 4.39. The van der Waals surface area contributed by atoms with Gasteiger partial charge in [-0.2, -0.15) is 0 Å². The van der Waals surface area contributed by atoms with Gasteiger partial charge in [0.05, 0.1) is 14.9 Å². The maximum Gasteiger partial charge on any atom is 0.177 e. The summed E-state index contributed by atoms with van der Waals surface area (Å²) >= 11 is 7.33. The number of nitrogens with zero attached hydrogens (tertiary/aromatic N) is 1. The molecule has 0 saturated heterocycles. The lowest BCUT2D eigenvalue weighted by Gasteiger charge is -1.93. The monoisotopic (exact) mass is 227 g/mol. The number of hydrogen-bond acceptors (Lipinski definition) is 3. The van der Waals surface area contributed by atoms with Crippen LogP contribution in [0.4, 0.5) is 0 Å². The first-order chi connectivity index (χ1) is 6.66. The van der Waals surface area contributed by atoms with Crippen LogP contribution in [0, 0.1) is 0 Å². The third kappa shape index (κ3) is 1.83. The van der Waals surface area contributed by atoms with Crippen LogP contribution in [-0.2, 0) is 0 Å². The molecule has 0 aliphatic rings. The van der Waals surface area contributed by atoms with Crippen molar-refractivity contribution in [3.05, 3.63) is 28.2 Å². The first kappa shape index (κ1) is 9.74. The Morgan fingerprint density at radius 3 is 2.71 bits per heavy atom. The van der Waals surface area contributed by atoms with Gasteiger partial charge in [-0.25, -0.2) is 0 Å². The summed E-state index contributed by atoms with van der Waals surface area (Å²) in [6, 6.07) is 5.77. The van der Waals surface area contributed by atoms with Crippen molar-refractivity contribution in [1.29, 1.82) is 0 Å². The number of halogens is 1. The molecular formula is C10H10ClNOS. The minimum atomic E-state index is 0.392. The van der Waals surface area contributed by atoms with Gasteiger partial charge in [-0.15, -0.1) is 11.3 Å². The lowest BCUT2D eigenvalue weighted by atomic mass is 10.1. The summed E-state index contributed by atoms with van der Waals surface area (Å²) in [5, 5.41) is 3.99. The van der Waals surface area contributed by atoms with Gasteiger partial charge in [-0.3, -0.25) is 0 Å². The highest BCUT2D eigenvalue weighted by molar-refractivity contribution is 7.19. The van der Waals surface area contributed by atoms with Crippen molar-refractivity contribution in [3.8, 4) is 10.6 Å². The van der Waals surface area contributed by atoms with Crippen molar-refractivity contribution < 1.29 is 4.52 Å². The van der Waals surface area contributed by atoms with Gasteiger partial charge >= 0.3 is 0 Å². The molecule has 0 atom stereocenters. The molecule has 0 unspecified atom stereocenters. The zero-order valence-corrected chi connectivity index (χ0v) is 9.52. The van der Waals surface area contributed by atoms with E-state index in [0.29, 0.717) is 5.92 Å². The average molecular weight is 228 g/mol. The maximum absolute atomic E-state index is 5.84. The van der Waals surface area contributed by atoms with E-state index >= 15 is 0 Å². The molecule has 74 valence electrons. The van der Waals surface area contributed by atoms with Gasteiger partial charge in [-0.1, -0.05) is 30.6 Å². The molecule has 0 aliphatic heterocycles. The van der Waals surface area contributed by atoms with E-state index < -0.39 is 0 Å². The Hall–Kier alpha value is -0.800. The van der Waals surface area contributed by atoms with Crippen molar-refractivity contribution in [2.45, 2.75) is 19.8 Å². The molecule has 0 amide bonds. The van der Waals surface area contributed by atoms with Crippen LogP contribution in [0.3, 0.4) is 0 Å². The summed E-state index contributed by atoms with van der Waals surface area (Å²) in [5.41, 5.74) is 0.976. The second-order valence-corrected chi connectivity index (χ2v) is 5.09. The van der Waals surface area contributed by atoms with E-state index in [9.17, 15) is 0 Å². The van der Waals surface area contributed by atoms with Gasteiger partial charge in [0.15, 0.2) is 5.76 Å². The molecule has 0 saturated carbocycles. The van der Waals surface area contributed by atoms with Gasteiger partial charge in [0, 0.05) is 6.07 Å². The van der Waals surface area contributed by atoms with Gasteiger partial charge in [0.25, 0.3) is 0 Å². The van der Waals surface area contributed by atoms with Crippen LogP contribution in [0.1, 0.15) is 25.5 Å². The van der Waals surface area contributed by atoms with Crippen molar-refractivity contribution in [1.82, 2.24) is 5.16 Å². The molecule has 4 heteroatoms. The molecule has 0 aromatic carbocycles. The van der Waals surface area contributed by atoms with E-state index in [0.717, 1.165) is 20.7 Å². The van der Waals surface area contributed by atoms with Crippen LogP contribution in [0.2, 0.25) is 4.34 Å². The van der Waals surface area contributed by atoms with Crippen LogP contribution in [0.25, 0.3) is 10.6 Å². The fraction of sp³-hybridized carbons (Fsp3) is 0.300. The molecule has 2 nitrogen and oxygen atoms in total. The normalized spacial score (nSPS) is 11.1. The quantitative estimate of drug-likeness (QED) is 0.769. The number of thiophene rings is 1. The third-order valence-electron chi connectivity index (χ3n) is 1.94. The third-order valence-corrected chi connectivity index (χ3v) is 3.18. The van der Waals surface area contributed by atoms with Gasteiger partial charge in [0.2, 0.25) is 0 Å². The Balaban J connectivity index is 2.33. The summed E-state index contributed by atoms with van der Waals surface area (Å²) in [6.07, 6.45) is 0. The molecule has 14 heavy (non-hydrogen) atoms. The number of hydrogen-bond donors (Lipinski definition) is 0. The van der Waals surface area contributed by atoms with E-state index in [2.05, 4.69) is 19.0 Å². The molecule has 0 N–H and O–H groups in total. The van der Waals surface area contributed by atoms with Gasteiger partial charge in [-0.05, 0) is 18.1 Å².